The van der Waals surface area contributed by atoms with Crippen molar-refractivity contribution < 1.29 is 80.4 Å². The van der Waals surface area contributed by atoms with Gasteiger partial charge in [-0.05, 0) is 59.0 Å². The molecule has 0 bridgehead atoms. The molecule has 31 heteroatoms. The standard InChI is InChI=1S/C21H24FN6O7P.C20H22FN6O8P.CH4/c1-27-25-20(24-26-27)19-6-3-13(8-23-19)17-5-4-14(7-18(17)22)28-9-16(35-21(28)30)12-33-10-15(29)11-34-36(2,31)32;1-26-24-19(23-25-26)18-5-2-12(7-22-18)16-4-3-13(6-17(16)21)27-8-14(34-20(27)29)10-33-11-15(9-28)35-36(30,31)32;/h3-8,15-16,29H,9-12H2,1-2H3,(H,31,32);2-7,14-15,28H,8-11H2,1H3,(H2,30,31,32);1H4. The lowest BCUT2D eigenvalue weighted by atomic mass is 10.1. The lowest BCUT2D eigenvalue weighted by Gasteiger charge is -2.17. The number of phosphoric ester groups is 1. The highest BCUT2D eigenvalue weighted by Gasteiger charge is 2.35. The highest BCUT2D eigenvalue weighted by molar-refractivity contribution is 7.51. The molecule has 2 aliphatic rings. The number of aliphatic hydroxyl groups is 2. The molecule has 2 fully saturated rings. The fourth-order valence-corrected chi connectivity index (χ4v) is 7.81. The third kappa shape index (κ3) is 15.4. The molecule has 0 radical (unpaired) electrons. The summed E-state index contributed by atoms with van der Waals surface area (Å²) in [6, 6.07) is 15.3. The second kappa shape index (κ2) is 24.4. The minimum atomic E-state index is -4.79. The maximum absolute atomic E-state index is 14.9. The second-order valence-corrected chi connectivity index (χ2v) is 18.9. The van der Waals surface area contributed by atoms with E-state index in [1.807, 2.05) is 0 Å². The number of phosphoric acid groups is 1. The summed E-state index contributed by atoms with van der Waals surface area (Å²) in [4.78, 5) is 64.9. The van der Waals surface area contributed by atoms with Crippen LogP contribution in [0.1, 0.15) is 7.43 Å². The SMILES string of the molecule is C.Cn1nnc(-c2ccc(-c3ccc(N4CC(COCC(CO)OP(=O)(O)O)OC4=O)cc3F)cn2)n1.Cn1nnc(-c2ccc(-c3ccc(N4CC(COCC(O)COP(C)(=O)O)OC4=O)cc3F)cn2)n1. The maximum atomic E-state index is 14.9. The summed E-state index contributed by atoms with van der Waals surface area (Å²) in [6.07, 6.45) is -2.12. The summed E-state index contributed by atoms with van der Waals surface area (Å²) in [5.74, 6) is -0.433. The number of aryl methyl sites for hydroxylation is 2. The lowest BCUT2D eigenvalue weighted by molar-refractivity contribution is -0.0178. The number of hydrogen-bond donors (Lipinski definition) is 5. The van der Waals surface area contributed by atoms with Crippen molar-refractivity contribution in [2.75, 3.05) is 69.2 Å². The summed E-state index contributed by atoms with van der Waals surface area (Å²) >= 11 is 0. The van der Waals surface area contributed by atoms with Crippen LogP contribution in [0.25, 0.3) is 45.3 Å². The third-order valence-electron chi connectivity index (χ3n) is 10.1. The van der Waals surface area contributed by atoms with Gasteiger partial charge in [-0.3, -0.25) is 28.9 Å². The number of carbonyl (C=O) groups excluding carboxylic acids is 2. The summed E-state index contributed by atoms with van der Waals surface area (Å²) in [5.41, 5.74) is 3.18. The van der Waals surface area contributed by atoms with Gasteiger partial charge in [0.1, 0.15) is 47.4 Å². The predicted octanol–water partition coefficient (Wildman–Crippen LogP) is 3.14. The molecule has 5 unspecified atom stereocenters. The van der Waals surface area contributed by atoms with E-state index in [4.69, 9.17) is 38.7 Å². The molecule has 392 valence electrons. The van der Waals surface area contributed by atoms with E-state index in [1.165, 1.54) is 50.0 Å². The Morgan fingerprint density at radius 3 is 1.56 bits per heavy atom. The van der Waals surface area contributed by atoms with Crippen LogP contribution in [0.5, 0.6) is 0 Å². The van der Waals surface area contributed by atoms with Crippen LogP contribution in [-0.2, 0) is 51.2 Å². The summed E-state index contributed by atoms with van der Waals surface area (Å²) < 4.78 is 81.9. The number of hydrogen-bond acceptors (Lipinski definition) is 20. The number of aromatic nitrogens is 10. The molecule has 0 saturated carbocycles. The number of cyclic esters (lactones) is 2. The number of aliphatic hydroxyl groups excluding tert-OH is 2. The molecular weight excluding hydrogens is 1010 g/mol. The number of ether oxygens (including phenoxy) is 4. The zero-order valence-corrected chi connectivity index (χ0v) is 40.0. The van der Waals surface area contributed by atoms with Gasteiger partial charge in [-0.2, -0.15) is 9.59 Å². The van der Waals surface area contributed by atoms with Crippen molar-refractivity contribution in [3.63, 3.8) is 0 Å². The van der Waals surface area contributed by atoms with E-state index in [-0.39, 0.29) is 64.8 Å². The zero-order valence-electron chi connectivity index (χ0n) is 38.2. The average molecular weight is 1060 g/mol. The molecule has 5 N–H and O–H groups in total. The van der Waals surface area contributed by atoms with E-state index in [0.29, 0.717) is 45.4 Å². The van der Waals surface area contributed by atoms with Crippen LogP contribution in [0.3, 0.4) is 0 Å². The molecule has 2 amide bonds. The molecule has 6 heterocycles. The Morgan fingerprint density at radius 1 is 0.726 bits per heavy atom. The van der Waals surface area contributed by atoms with E-state index in [0.717, 1.165) is 6.66 Å². The molecule has 2 aromatic carbocycles. The molecule has 27 nitrogen and oxygen atoms in total. The number of tetrazole rings is 2. The number of carbonyl (C=O) groups is 2. The smallest absolute Gasteiger partial charge is 0.441 e. The number of pyridine rings is 2. The Labute approximate surface area is 414 Å². The zero-order chi connectivity index (χ0) is 51.7. The van der Waals surface area contributed by atoms with Gasteiger partial charge in [0.05, 0.1) is 78.2 Å². The number of rotatable bonds is 20. The van der Waals surface area contributed by atoms with Gasteiger partial charge in [-0.1, -0.05) is 19.6 Å². The van der Waals surface area contributed by atoms with Crippen molar-refractivity contribution >= 4 is 39.0 Å². The molecule has 2 saturated heterocycles. The molecule has 73 heavy (non-hydrogen) atoms. The van der Waals surface area contributed by atoms with Crippen LogP contribution < -0.4 is 9.80 Å². The molecule has 5 atom stereocenters. The van der Waals surface area contributed by atoms with Gasteiger partial charge in [-0.15, -0.1) is 20.4 Å². The van der Waals surface area contributed by atoms with Gasteiger partial charge in [0.2, 0.25) is 11.6 Å². The number of halogens is 2. The van der Waals surface area contributed by atoms with E-state index >= 15 is 0 Å². The predicted molar refractivity (Wildman–Crippen MR) is 250 cm³/mol. The van der Waals surface area contributed by atoms with Gasteiger partial charge < -0.3 is 48.4 Å². The molecule has 0 spiro atoms. The summed E-state index contributed by atoms with van der Waals surface area (Å²) in [7, 11) is -5.22. The Bertz CT molecular complexity index is 2930. The number of anilines is 2. The largest absolute Gasteiger partial charge is 0.470 e. The van der Waals surface area contributed by atoms with Crippen LogP contribution in [0.15, 0.2) is 73.1 Å². The average Bonchev–Trinajstić information content (AvgIpc) is 4.15. The maximum Gasteiger partial charge on any atom is 0.470 e. The van der Waals surface area contributed by atoms with E-state index < -0.39 is 70.3 Å². The van der Waals surface area contributed by atoms with Crippen LogP contribution >= 0.6 is 15.4 Å². The van der Waals surface area contributed by atoms with Crippen LogP contribution in [0.4, 0.5) is 29.7 Å². The topological polar surface area (TPSA) is 344 Å². The molecule has 2 aliphatic heterocycles. The normalized spacial score (nSPS) is 17.3. The minimum Gasteiger partial charge on any atom is -0.441 e. The quantitative estimate of drug-likeness (QED) is 0.0686. The lowest BCUT2D eigenvalue weighted by Crippen LogP contribution is -2.28. The first-order valence-corrected chi connectivity index (χ1v) is 24.9. The van der Waals surface area contributed by atoms with E-state index in [2.05, 4.69) is 49.8 Å². The molecule has 6 aromatic rings. The van der Waals surface area contributed by atoms with E-state index in [9.17, 15) is 32.6 Å². The first-order chi connectivity index (χ1) is 34.2. The molecule has 4 aromatic heterocycles. The minimum absolute atomic E-state index is 0. The van der Waals surface area contributed by atoms with Crippen molar-refractivity contribution in [2.45, 2.75) is 31.8 Å². The Kier molecular flexibility index (Phi) is 18.6. The first kappa shape index (κ1) is 55.7. The molecule has 0 aliphatic carbocycles. The fraction of sp³-hybridized carbons (Fsp3) is 0.381. The highest BCUT2D eigenvalue weighted by Crippen LogP contribution is 2.38. The Balaban J connectivity index is 0.000000235. The summed E-state index contributed by atoms with van der Waals surface area (Å²) in [5, 5.41) is 42.3. The van der Waals surface area contributed by atoms with Crippen molar-refractivity contribution in [3.8, 4) is 45.3 Å². The van der Waals surface area contributed by atoms with Crippen LogP contribution in [-0.4, -0.2) is 171 Å². The van der Waals surface area contributed by atoms with Gasteiger partial charge >= 0.3 is 27.6 Å². The van der Waals surface area contributed by atoms with Crippen molar-refractivity contribution in [1.82, 2.24) is 50.4 Å². The van der Waals surface area contributed by atoms with E-state index in [1.54, 1.807) is 56.6 Å². The Hall–Kier alpha value is -6.62. The second-order valence-electron chi connectivity index (χ2n) is 15.9. The van der Waals surface area contributed by atoms with Crippen LogP contribution in [0.2, 0.25) is 0 Å². The fourth-order valence-electron chi connectivity index (χ4n) is 6.84. The molecular formula is C42H50F2N12O15P2. The Morgan fingerprint density at radius 2 is 1.19 bits per heavy atom. The van der Waals surface area contributed by atoms with Crippen molar-refractivity contribution in [1.29, 1.82) is 0 Å². The number of benzene rings is 2. The van der Waals surface area contributed by atoms with Crippen molar-refractivity contribution in [3.05, 3.63) is 84.7 Å². The van der Waals surface area contributed by atoms with Gasteiger partial charge in [0.25, 0.3) is 0 Å². The third-order valence-corrected chi connectivity index (χ3v) is 11.3. The van der Waals surface area contributed by atoms with Crippen molar-refractivity contribution in [2.24, 2.45) is 14.1 Å². The monoisotopic (exact) mass is 1060 g/mol. The van der Waals surface area contributed by atoms with Gasteiger partial charge in [0.15, 0.2) is 0 Å². The first-order valence-electron chi connectivity index (χ1n) is 21.3. The highest BCUT2D eigenvalue weighted by atomic mass is 31.2. The van der Waals surface area contributed by atoms with Gasteiger partial charge in [-0.25, -0.2) is 22.9 Å². The number of amides is 2. The molecule has 8 rings (SSSR count). The number of nitrogens with zero attached hydrogens (tertiary/aromatic N) is 12. The van der Waals surface area contributed by atoms with Crippen LogP contribution in [0, 0.1) is 11.6 Å². The van der Waals surface area contributed by atoms with Gasteiger partial charge in [0, 0.05) is 41.3 Å². The summed E-state index contributed by atoms with van der Waals surface area (Å²) in [6.45, 7) is -0.534.